The van der Waals surface area contributed by atoms with E-state index in [1.54, 1.807) is 0 Å². The van der Waals surface area contributed by atoms with Crippen molar-refractivity contribution in [1.82, 2.24) is 15.5 Å². The van der Waals surface area contributed by atoms with E-state index in [0.717, 1.165) is 19.1 Å². The van der Waals surface area contributed by atoms with Crippen molar-refractivity contribution in [1.29, 1.82) is 0 Å². The number of sulfone groups is 1. The second-order valence-corrected chi connectivity index (χ2v) is 10.2. The third-order valence-electron chi connectivity index (χ3n) is 3.77. The molecule has 1 rings (SSSR count). The summed E-state index contributed by atoms with van der Waals surface area (Å²) in [7, 11) is -3.44. The number of rotatable bonds is 6. The van der Waals surface area contributed by atoms with Gasteiger partial charge in [-0.3, -0.25) is 4.79 Å². The molecule has 1 atom stereocenters. The van der Waals surface area contributed by atoms with Gasteiger partial charge in [0.25, 0.3) is 0 Å². The van der Waals surface area contributed by atoms with Gasteiger partial charge < -0.3 is 9.73 Å². The van der Waals surface area contributed by atoms with Crippen LogP contribution in [0.15, 0.2) is 4.42 Å². The van der Waals surface area contributed by atoms with Gasteiger partial charge in [0.15, 0.2) is 9.84 Å². The highest BCUT2D eigenvalue weighted by atomic mass is 32.2. The number of aromatic nitrogens is 2. The highest BCUT2D eigenvalue weighted by Gasteiger charge is 2.38. The van der Waals surface area contributed by atoms with Gasteiger partial charge in [-0.1, -0.05) is 20.8 Å². The molecule has 23 heavy (non-hydrogen) atoms. The lowest BCUT2D eigenvalue weighted by molar-refractivity contribution is 0.0897. The monoisotopic (exact) mass is 345 g/mol. The Kier molecular flexibility index (Phi) is 5.61. The van der Waals surface area contributed by atoms with Crippen LogP contribution in [0.1, 0.15) is 71.0 Å². The van der Waals surface area contributed by atoms with Gasteiger partial charge in [-0.15, -0.1) is 10.2 Å². The first-order valence-corrected chi connectivity index (χ1v) is 9.47. The molecule has 0 aliphatic carbocycles. The Morgan fingerprint density at radius 1 is 1.22 bits per heavy atom. The van der Waals surface area contributed by atoms with Crippen LogP contribution in [0.2, 0.25) is 0 Å². The van der Waals surface area contributed by atoms with E-state index in [1.165, 1.54) is 13.8 Å². The van der Waals surface area contributed by atoms with Crippen LogP contribution in [0, 0.1) is 5.41 Å². The third kappa shape index (κ3) is 5.30. The van der Waals surface area contributed by atoms with Crippen molar-refractivity contribution >= 4 is 15.7 Å². The molecule has 1 N–H and O–H groups in total. The zero-order valence-electron chi connectivity index (χ0n) is 14.9. The Labute approximate surface area is 138 Å². The predicted molar refractivity (Wildman–Crippen MR) is 87.8 cm³/mol. The first-order chi connectivity index (χ1) is 10.2. The van der Waals surface area contributed by atoms with Gasteiger partial charge in [0.2, 0.25) is 5.89 Å². The molecule has 8 heteroatoms. The number of carbonyl (C=O) groups excluding carboxylic acids is 1. The predicted octanol–water partition coefficient (Wildman–Crippen LogP) is 2.29. The minimum atomic E-state index is -3.44. The van der Waals surface area contributed by atoms with Crippen LogP contribution in [-0.2, 0) is 14.6 Å². The summed E-state index contributed by atoms with van der Waals surface area (Å²) in [5, 5.41) is 10.2. The zero-order valence-corrected chi connectivity index (χ0v) is 15.7. The fourth-order valence-electron chi connectivity index (χ4n) is 1.72. The van der Waals surface area contributed by atoms with E-state index in [1.807, 2.05) is 6.92 Å². The van der Waals surface area contributed by atoms with Crippen LogP contribution < -0.4 is 5.32 Å². The summed E-state index contributed by atoms with van der Waals surface area (Å²) in [6.45, 7) is 11.2. The fraction of sp³-hybridized carbons (Fsp3) is 0.800. The maximum Gasteiger partial charge on any atom is 0.309 e. The van der Waals surface area contributed by atoms with Gasteiger partial charge in [-0.2, -0.15) is 0 Å². The maximum atomic E-state index is 12.1. The molecular formula is C15H27N3O4S. The molecule has 1 aromatic heterocycles. The van der Waals surface area contributed by atoms with Crippen molar-refractivity contribution in [3.63, 3.8) is 0 Å². The molecule has 1 amide bonds. The van der Waals surface area contributed by atoms with E-state index in [0.29, 0.717) is 0 Å². The molecule has 7 nitrogen and oxygen atoms in total. The molecule has 1 unspecified atom stereocenters. The first kappa shape index (κ1) is 19.6. The second kappa shape index (κ2) is 6.59. The number of amides is 1. The number of nitrogens with one attached hydrogen (secondary N) is 1. The van der Waals surface area contributed by atoms with Gasteiger partial charge in [0.05, 0.1) is 0 Å². The Bertz CT molecular complexity index is 657. The van der Waals surface area contributed by atoms with Crippen molar-refractivity contribution in [2.45, 2.75) is 65.2 Å². The van der Waals surface area contributed by atoms with Crippen LogP contribution in [-0.4, -0.2) is 36.8 Å². The topological polar surface area (TPSA) is 102 Å². The summed E-state index contributed by atoms with van der Waals surface area (Å²) >= 11 is 0. The molecule has 132 valence electrons. The van der Waals surface area contributed by atoms with Gasteiger partial charge in [-0.05, 0) is 39.0 Å². The molecule has 1 aromatic rings. The van der Waals surface area contributed by atoms with Crippen LogP contribution in [0.5, 0.6) is 0 Å². The first-order valence-electron chi connectivity index (χ1n) is 7.58. The summed E-state index contributed by atoms with van der Waals surface area (Å²) in [6, 6.07) is -0.0417. The summed E-state index contributed by atoms with van der Waals surface area (Å²) < 4.78 is 27.5. The lowest BCUT2D eigenvalue weighted by Gasteiger charge is -2.21. The Morgan fingerprint density at radius 3 is 2.26 bits per heavy atom. The SMILES string of the molecule is CC(CCC(C)(C)C)NC(=O)c1nnc(C(C)(C)S(C)(=O)=O)o1. The number of carbonyl (C=O) groups is 1. The van der Waals surface area contributed by atoms with Gasteiger partial charge in [0, 0.05) is 12.3 Å². The average Bonchev–Trinajstić information content (AvgIpc) is 2.84. The Morgan fingerprint density at radius 2 is 1.78 bits per heavy atom. The molecule has 0 saturated carbocycles. The zero-order chi connectivity index (χ0) is 18.1. The second-order valence-electron chi connectivity index (χ2n) is 7.67. The molecule has 0 bridgehead atoms. The van der Waals surface area contributed by atoms with Crippen LogP contribution >= 0.6 is 0 Å². The quantitative estimate of drug-likeness (QED) is 0.848. The van der Waals surface area contributed by atoms with Crippen molar-refractivity contribution in [3.8, 4) is 0 Å². The van der Waals surface area contributed by atoms with Gasteiger partial charge in [0.1, 0.15) is 4.75 Å². The highest BCUT2D eigenvalue weighted by molar-refractivity contribution is 7.91. The third-order valence-corrected chi connectivity index (χ3v) is 5.79. The largest absolute Gasteiger partial charge is 0.415 e. The normalized spacial score (nSPS) is 14.6. The maximum absolute atomic E-state index is 12.1. The van der Waals surface area contributed by atoms with Crippen molar-refractivity contribution < 1.29 is 17.6 Å². The van der Waals surface area contributed by atoms with E-state index in [4.69, 9.17) is 4.42 Å². The number of hydrogen-bond acceptors (Lipinski definition) is 6. The molecule has 0 aromatic carbocycles. The molecule has 1 heterocycles. The lowest BCUT2D eigenvalue weighted by atomic mass is 9.89. The minimum Gasteiger partial charge on any atom is -0.415 e. The van der Waals surface area contributed by atoms with Crippen LogP contribution in [0.3, 0.4) is 0 Å². The van der Waals surface area contributed by atoms with Crippen LogP contribution in [0.4, 0.5) is 0 Å². The fourth-order valence-corrected chi connectivity index (χ4v) is 2.12. The van der Waals surface area contributed by atoms with Crippen LogP contribution in [0.25, 0.3) is 0 Å². The van der Waals surface area contributed by atoms with Gasteiger partial charge in [-0.25, -0.2) is 8.42 Å². The number of nitrogens with zero attached hydrogens (tertiary/aromatic N) is 2. The smallest absolute Gasteiger partial charge is 0.309 e. The average molecular weight is 345 g/mol. The number of hydrogen-bond donors (Lipinski definition) is 1. The van der Waals surface area contributed by atoms with E-state index in [2.05, 4.69) is 36.3 Å². The summed E-state index contributed by atoms with van der Waals surface area (Å²) in [5.41, 5.74) is 0.191. The Balaban J connectivity index is 2.77. The molecular weight excluding hydrogens is 318 g/mol. The van der Waals surface area contributed by atoms with E-state index in [-0.39, 0.29) is 23.2 Å². The molecule has 0 aliphatic heterocycles. The standard InChI is InChI=1S/C15H27N3O4S/c1-10(8-9-14(2,3)4)16-11(19)12-17-18-13(22-12)15(5,6)23(7,20)21/h10H,8-9H2,1-7H3,(H,16,19). The highest BCUT2D eigenvalue weighted by Crippen LogP contribution is 2.27. The molecule has 0 spiro atoms. The Hall–Kier alpha value is -1.44. The minimum absolute atomic E-state index is 0.0417. The molecule has 0 saturated heterocycles. The van der Waals surface area contributed by atoms with E-state index in [9.17, 15) is 13.2 Å². The van der Waals surface area contributed by atoms with Gasteiger partial charge >= 0.3 is 11.8 Å². The summed E-state index contributed by atoms with van der Waals surface area (Å²) in [6.07, 6.45) is 2.88. The van der Waals surface area contributed by atoms with E-state index < -0.39 is 20.5 Å². The summed E-state index contributed by atoms with van der Waals surface area (Å²) in [4.78, 5) is 12.1. The lowest BCUT2D eigenvalue weighted by Crippen LogP contribution is -2.33. The molecule has 0 radical (unpaired) electrons. The van der Waals surface area contributed by atoms with Crippen molar-refractivity contribution in [3.05, 3.63) is 11.8 Å². The summed E-state index contributed by atoms with van der Waals surface area (Å²) in [5.74, 6) is -0.804. The molecule has 0 fully saturated rings. The van der Waals surface area contributed by atoms with Crippen molar-refractivity contribution in [2.24, 2.45) is 5.41 Å². The van der Waals surface area contributed by atoms with E-state index >= 15 is 0 Å². The molecule has 0 aliphatic rings. The van der Waals surface area contributed by atoms with Crippen molar-refractivity contribution in [2.75, 3.05) is 6.26 Å².